The number of piperidine rings is 1. The van der Waals surface area contributed by atoms with Crippen molar-refractivity contribution in [2.45, 2.75) is 71.8 Å². The van der Waals surface area contributed by atoms with Crippen LogP contribution < -0.4 is 16.0 Å². The lowest BCUT2D eigenvalue weighted by Gasteiger charge is -2.34. The normalized spacial score (nSPS) is 14.9. The molecule has 1 saturated heterocycles. The van der Waals surface area contributed by atoms with Crippen LogP contribution in [0, 0.1) is 12.8 Å². The molecule has 1 fully saturated rings. The largest absolute Gasteiger partial charge is 0.380 e. The Labute approximate surface area is 215 Å². The molecular weight excluding hydrogens is 450 g/mol. The summed E-state index contributed by atoms with van der Waals surface area (Å²) in [7, 11) is 4.32. The van der Waals surface area contributed by atoms with E-state index in [-0.39, 0.29) is 0 Å². The van der Waals surface area contributed by atoms with Crippen LogP contribution in [0.5, 0.6) is 0 Å². The van der Waals surface area contributed by atoms with Crippen LogP contribution in [0.4, 0.5) is 17.6 Å². The van der Waals surface area contributed by atoms with Crippen LogP contribution in [-0.4, -0.2) is 69.2 Å². The summed E-state index contributed by atoms with van der Waals surface area (Å²) in [5.41, 5.74) is 10.2. The highest BCUT2D eigenvalue weighted by Gasteiger charge is 2.22. The highest BCUT2D eigenvalue weighted by atomic mass is 15.3. The molecule has 196 valence electrons. The quantitative estimate of drug-likeness (QED) is 0.411. The van der Waals surface area contributed by atoms with Gasteiger partial charge in [0.25, 0.3) is 0 Å². The predicted molar refractivity (Wildman–Crippen MR) is 148 cm³/mol. The summed E-state index contributed by atoms with van der Waals surface area (Å²) in [4.78, 5) is 18.6. The molecule has 3 aromatic heterocycles. The maximum atomic E-state index is 6.26. The van der Waals surface area contributed by atoms with E-state index in [1.54, 1.807) is 0 Å². The van der Waals surface area contributed by atoms with Gasteiger partial charge in [0.2, 0.25) is 5.95 Å². The summed E-state index contributed by atoms with van der Waals surface area (Å²) >= 11 is 0. The summed E-state index contributed by atoms with van der Waals surface area (Å²) < 4.78 is 1.83. The highest BCUT2D eigenvalue weighted by Crippen LogP contribution is 2.26. The fourth-order valence-electron chi connectivity index (χ4n) is 5.40. The molecule has 1 aliphatic rings. The minimum atomic E-state index is 0.344. The Bertz CT molecular complexity index is 1130. The second kappa shape index (κ2) is 11.9. The SMILES string of the molecule is CCCC(CCC)Nc1nc(N)c2ncc(Cc3cnc(N4CCC(CN(C)C)CC4)c(C)c3)n2n1. The number of fused-ring (bicyclic) bond motifs is 1. The van der Waals surface area contributed by atoms with Gasteiger partial charge >= 0.3 is 0 Å². The van der Waals surface area contributed by atoms with Gasteiger partial charge in [-0.1, -0.05) is 32.8 Å². The van der Waals surface area contributed by atoms with Crippen LogP contribution in [0.1, 0.15) is 69.2 Å². The van der Waals surface area contributed by atoms with Crippen molar-refractivity contribution in [2.75, 3.05) is 49.7 Å². The molecule has 4 heterocycles. The van der Waals surface area contributed by atoms with Crippen LogP contribution >= 0.6 is 0 Å². The maximum absolute atomic E-state index is 6.26. The first-order valence-corrected chi connectivity index (χ1v) is 13.5. The smallest absolute Gasteiger partial charge is 0.243 e. The lowest BCUT2D eigenvalue weighted by Crippen LogP contribution is -2.37. The van der Waals surface area contributed by atoms with Crippen molar-refractivity contribution < 1.29 is 0 Å². The topological polar surface area (TPSA) is 100 Å². The molecule has 0 aliphatic carbocycles. The predicted octanol–water partition coefficient (Wildman–Crippen LogP) is 4.16. The highest BCUT2D eigenvalue weighted by molar-refractivity contribution is 5.61. The number of nitrogens with two attached hydrogens (primary N) is 1. The third-order valence-corrected chi connectivity index (χ3v) is 7.10. The summed E-state index contributed by atoms with van der Waals surface area (Å²) in [5.74, 6) is 2.84. The number of aromatic nitrogens is 5. The molecular formula is C27H43N9. The monoisotopic (exact) mass is 493 g/mol. The number of imidazole rings is 1. The Morgan fingerprint density at radius 3 is 2.47 bits per heavy atom. The van der Waals surface area contributed by atoms with Gasteiger partial charge in [-0.2, -0.15) is 4.98 Å². The van der Waals surface area contributed by atoms with Crippen molar-refractivity contribution >= 4 is 23.2 Å². The molecule has 1 aliphatic heterocycles. The van der Waals surface area contributed by atoms with Crippen molar-refractivity contribution in [3.63, 3.8) is 0 Å². The van der Waals surface area contributed by atoms with E-state index < -0.39 is 0 Å². The minimum absolute atomic E-state index is 0.344. The van der Waals surface area contributed by atoms with Crippen LogP contribution in [0.15, 0.2) is 18.5 Å². The fraction of sp³-hybridized carbons (Fsp3) is 0.630. The Balaban J connectivity index is 1.48. The van der Waals surface area contributed by atoms with E-state index >= 15 is 0 Å². The molecule has 9 heteroatoms. The molecule has 0 aromatic carbocycles. The number of hydrogen-bond donors (Lipinski definition) is 2. The molecule has 0 spiro atoms. The lowest BCUT2D eigenvalue weighted by atomic mass is 9.96. The zero-order valence-electron chi connectivity index (χ0n) is 22.7. The molecule has 4 rings (SSSR count). The number of aryl methyl sites for hydroxylation is 1. The van der Waals surface area contributed by atoms with E-state index in [0.29, 0.717) is 29.9 Å². The second-order valence-corrected chi connectivity index (χ2v) is 10.6. The number of nitrogen functional groups attached to an aromatic ring is 1. The van der Waals surface area contributed by atoms with E-state index in [1.165, 1.54) is 24.9 Å². The molecule has 0 atom stereocenters. The Kier molecular flexibility index (Phi) is 8.61. The first-order valence-electron chi connectivity index (χ1n) is 13.5. The van der Waals surface area contributed by atoms with Gasteiger partial charge < -0.3 is 20.9 Å². The van der Waals surface area contributed by atoms with Gasteiger partial charge in [0, 0.05) is 38.3 Å². The maximum Gasteiger partial charge on any atom is 0.243 e. The fourth-order valence-corrected chi connectivity index (χ4v) is 5.40. The van der Waals surface area contributed by atoms with E-state index in [4.69, 9.17) is 15.8 Å². The molecule has 0 saturated carbocycles. The van der Waals surface area contributed by atoms with Crippen LogP contribution in [0.25, 0.3) is 5.65 Å². The van der Waals surface area contributed by atoms with Crippen molar-refractivity contribution in [1.29, 1.82) is 0 Å². The lowest BCUT2D eigenvalue weighted by molar-refractivity contribution is 0.284. The van der Waals surface area contributed by atoms with Gasteiger partial charge in [-0.05, 0) is 63.7 Å². The molecule has 0 radical (unpaired) electrons. The summed E-state index contributed by atoms with van der Waals surface area (Å²) in [5, 5.41) is 8.25. The molecule has 36 heavy (non-hydrogen) atoms. The Morgan fingerprint density at radius 1 is 1.11 bits per heavy atom. The van der Waals surface area contributed by atoms with Crippen LogP contribution in [-0.2, 0) is 6.42 Å². The van der Waals surface area contributed by atoms with Gasteiger partial charge in [-0.15, -0.1) is 5.10 Å². The molecule has 0 amide bonds. The molecule has 3 aromatic rings. The van der Waals surface area contributed by atoms with Crippen molar-refractivity contribution in [1.82, 2.24) is 29.5 Å². The van der Waals surface area contributed by atoms with Crippen molar-refractivity contribution in [2.24, 2.45) is 5.92 Å². The number of nitrogens with zero attached hydrogens (tertiary/aromatic N) is 7. The first-order chi connectivity index (χ1) is 17.4. The van der Waals surface area contributed by atoms with E-state index in [0.717, 1.165) is 61.8 Å². The molecule has 3 N–H and O–H groups in total. The van der Waals surface area contributed by atoms with E-state index in [9.17, 15) is 0 Å². The number of nitrogens with one attached hydrogen (secondary N) is 1. The second-order valence-electron chi connectivity index (χ2n) is 10.6. The van der Waals surface area contributed by atoms with Crippen molar-refractivity contribution in [3.05, 3.63) is 35.3 Å². The zero-order valence-corrected chi connectivity index (χ0v) is 22.7. The standard InChI is InChI=1S/C27H43N9/c1-6-8-22(9-7-2)31-27-32-24(28)26-30-17-23(36(26)33-27)15-21-14-19(3)25(29-16-21)35-12-10-20(11-13-35)18-34(4)5/h14,16-17,20,22H,6-13,15,18H2,1-5H3,(H3,28,31,32,33). The minimum Gasteiger partial charge on any atom is -0.380 e. The third-order valence-electron chi connectivity index (χ3n) is 7.10. The van der Waals surface area contributed by atoms with E-state index in [1.807, 2.05) is 16.9 Å². The molecule has 9 nitrogen and oxygen atoms in total. The Hall–Kier alpha value is -2.94. The van der Waals surface area contributed by atoms with Gasteiger partial charge in [0.05, 0.1) is 11.9 Å². The summed E-state index contributed by atoms with van der Waals surface area (Å²) in [6, 6.07) is 2.59. The van der Waals surface area contributed by atoms with Gasteiger partial charge in [-0.3, -0.25) is 0 Å². The molecule has 0 unspecified atom stereocenters. The number of anilines is 3. The van der Waals surface area contributed by atoms with E-state index in [2.05, 4.69) is 66.0 Å². The summed E-state index contributed by atoms with van der Waals surface area (Å²) in [6.45, 7) is 9.87. The van der Waals surface area contributed by atoms with Gasteiger partial charge in [-0.25, -0.2) is 14.5 Å². The average Bonchev–Trinajstić information content (AvgIpc) is 3.23. The first kappa shape index (κ1) is 26.1. The number of rotatable bonds is 11. The van der Waals surface area contributed by atoms with Gasteiger partial charge in [0.15, 0.2) is 11.5 Å². The number of pyridine rings is 1. The van der Waals surface area contributed by atoms with Crippen LogP contribution in [0.2, 0.25) is 0 Å². The molecule has 0 bridgehead atoms. The van der Waals surface area contributed by atoms with Crippen LogP contribution in [0.3, 0.4) is 0 Å². The van der Waals surface area contributed by atoms with Crippen molar-refractivity contribution in [3.8, 4) is 0 Å². The number of hydrogen-bond acceptors (Lipinski definition) is 8. The zero-order chi connectivity index (χ0) is 25.7. The third kappa shape index (κ3) is 6.24. The van der Waals surface area contributed by atoms with Gasteiger partial charge in [0.1, 0.15) is 5.82 Å². The Morgan fingerprint density at radius 2 is 1.83 bits per heavy atom. The average molecular weight is 494 g/mol. The summed E-state index contributed by atoms with van der Waals surface area (Å²) in [6.07, 6.45) is 11.4.